The number of amides is 2. The summed E-state index contributed by atoms with van der Waals surface area (Å²) in [6.07, 6.45) is -0.675. The molecule has 0 aliphatic heterocycles. The topological polar surface area (TPSA) is 93.7 Å². The third-order valence-electron chi connectivity index (χ3n) is 3.28. The van der Waals surface area contributed by atoms with Gasteiger partial charge in [0, 0.05) is 10.7 Å². The Labute approximate surface area is 172 Å². The summed E-state index contributed by atoms with van der Waals surface area (Å²) < 4.78 is 23.7. The average Bonchev–Trinajstić information content (AvgIpc) is 2.61. The van der Waals surface area contributed by atoms with Crippen molar-refractivity contribution in [1.29, 1.82) is 0 Å². The number of carbonyl (C=O) groups is 3. The van der Waals surface area contributed by atoms with E-state index in [0.717, 1.165) is 6.07 Å². The van der Waals surface area contributed by atoms with Crippen molar-refractivity contribution in [2.24, 2.45) is 0 Å². The molecule has 0 saturated carbocycles. The third-order valence-corrected chi connectivity index (χ3v) is 3.52. The fourth-order valence-corrected chi connectivity index (χ4v) is 2.31. The summed E-state index contributed by atoms with van der Waals surface area (Å²) in [5, 5.41) is 5.01. The largest absolute Gasteiger partial charge is 0.452 e. The minimum absolute atomic E-state index is 0.111. The smallest absolute Gasteiger partial charge is 0.412 e. The lowest BCUT2D eigenvalue weighted by atomic mass is 10.2. The normalized spacial score (nSPS) is 10.8. The van der Waals surface area contributed by atoms with Gasteiger partial charge in [-0.15, -0.1) is 0 Å². The lowest BCUT2D eigenvalue weighted by Gasteiger charge is -2.19. The highest BCUT2D eigenvalue weighted by Gasteiger charge is 2.17. The van der Waals surface area contributed by atoms with E-state index in [9.17, 15) is 18.8 Å². The van der Waals surface area contributed by atoms with Crippen LogP contribution in [0.15, 0.2) is 42.5 Å². The molecule has 0 aromatic heterocycles. The number of nitrogens with one attached hydrogen (secondary N) is 2. The zero-order valence-electron chi connectivity index (χ0n) is 16.0. The van der Waals surface area contributed by atoms with Crippen LogP contribution in [0.25, 0.3) is 0 Å². The second-order valence-electron chi connectivity index (χ2n) is 6.96. The summed E-state index contributed by atoms with van der Waals surface area (Å²) in [5.74, 6) is -2.20. The van der Waals surface area contributed by atoms with Crippen molar-refractivity contribution in [2.45, 2.75) is 26.4 Å². The molecule has 154 valence electrons. The summed E-state index contributed by atoms with van der Waals surface area (Å²) in [4.78, 5) is 35.8. The zero-order chi connectivity index (χ0) is 21.6. The van der Waals surface area contributed by atoms with E-state index >= 15 is 0 Å². The van der Waals surface area contributed by atoms with Gasteiger partial charge in [0.1, 0.15) is 11.4 Å². The quantitative estimate of drug-likeness (QED) is 0.685. The number of ether oxygens (including phenoxy) is 2. The first kappa shape index (κ1) is 22.2. The predicted octanol–water partition coefficient (Wildman–Crippen LogP) is 4.62. The minimum Gasteiger partial charge on any atom is -0.452 e. The van der Waals surface area contributed by atoms with Gasteiger partial charge >= 0.3 is 12.1 Å². The molecule has 0 radical (unpaired) electrons. The van der Waals surface area contributed by atoms with E-state index in [-0.39, 0.29) is 16.3 Å². The van der Waals surface area contributed by atoms with Gasteiger partial charge in [-0.25, -0.2) is 14.0 Å². The molecule has 0 bridgehead atoms. The van der Waals surface area contributed by atoms with Gasteiger partial charge < -0.3 is 14.8 Å². The van der Waals surface area contributed by atoms with E-state index in [1.807, 2.05) is 0 Å². The summed E-state index contributed by atoms with van der Waals surface area (Å²) >= 11 is 5.75. The molecule has 2 rings (SSSR count). The van der Waals surface area contributed by atoms with Crippen molar-refractivity contribution in [2.75, 3.05) is 17.2 Å². The Morgan fingerprint density at radius 3 is 2.48 bits per heavy atom. The van der Waals surface area contributed by atoms with Crippen molar-refractivity contribution >= 4 is 40.9 Å². The first-order chi connectivity index (χ1) is 13.5. The number of benzene rings is 2. The number of hydrogen-bond donors (Lipinski definition) is 2. The van der Waals surface area contributed by atoms with E-state index in [0.29, 0.717) is 5.69 Å². The highest BCUT2D eigenvalue weighted by molar-refractivity contribution is 6.30. The standard InChI is InChI=1S/C20H20ClFN2O5/c1-20(2,3)29-19(27)23-14-6-4-5-12(9-14)18(26)28-11-17(25)24-16-10-13(21)7-8-15(16)22/h4-10H,11H2,1-3H3,(H,23,27)(H,24,25). The molecule has 0 spiro atoms. The van der Waals surface area contributed by atoms with Gasteiger partial charge in [-0.1, -0.05) is 17.7 Å². The van der Waals surface area contributed by atoms with Crippen LogP contribution in [0.2, 0.25) is 5.02 Å². The number of rotatable bonds is 5. The van der Waals surface area contributed by atoms with Crippen LogP contribution in [0, 0.1) is 5.82 Å². The Morgan fingerprint density at radius 1 is 1.07 bits per heavy atom. The summed E-state index contributed by atoms with van der Waals surface area (Å²) in [6, 6.07) is 9.61. The molecule has 0 aliphatic rings. The lowest BCUT2D eigenvalue weighted by Crippen LogP contribution is -2.27. The molecule has 9 heteroatoms. The number of halogens is 2. The minimum atomic E-state index is -0.792. The molecule has 29 heavy (non-hydrogen) atoms. The molecule has 0 fully saturated rings. The van der Waals surface area contributed by atoms with Gasteiger partial charge in [-0.3, -0.25) is 10.1 Å². The Bertz CT molecular complexity index is 927. The zero-order valence-corrected chi connectivity index (χ0v) is 16.8. The maximum Gasteiger partial charge on any atom is 0.412 e. The van der Waals surface area contributed by atoms with Gasteiger partial charge in [0.2, 0.25) is 0 Å². The van der Waals surface area contributed by atoms with Gasteiger partial charge in [-0.05, 0) is 57.2 Å². The van der Waals surface area contributed by atoms with Crippen LogP contribution in [0.5, 0.6) is 0 Å². The van der Waals surface area contributed by atoms with Crippen molar-refractivity contribution in [3.63, 3.8) is 0 Å². The Morgan fingerprint density at radius 2 is 1.79 bits per heavy atom. The molecule has 0 atom stereocenters. The number of carbonyl (C=O) groups excluding carboxylic acids is 3. The highest BCUT2D eigenvalue weighted by atomic mass is 35.5. The molecular formula is C20H20ClFN2O5. The van der Waals surface area contributed by atoms with Crippen molar-refractivity contribution in [1.82, 2.24) is 0 Å². The van der Waals surface area contributed by atoms with Crippen LogP contribution < -0.4 is 10.6 Å². The molecule has 2 aromatic rings. The van der Waals surface area contributed by atoms with E-state index in [2.05, 4.69) is 10.6 Å². The second kappa shape index (κ2) is 9.38. The fourth-order valence-electron chi connectivity index (χ4n) is 2.14. The van der Waals surface area contributed by atoms with Crippen LogP contribution >= 0.6 is 11.6 Å². The van der Waals surface area contributed by atoms with Gasteiger partial charge in [0.25, 0.3) is 5.91 Å². The summed E-state index contributed by atoms with van der Waals surface area (Å²) in [7, 11) is 0. The first-order valence-electron chi connectivity index (χ1n) is 8.55. The highest BCUT2D eigenvalue weighted by Crippen LogP contribution is 2.19. The second-order valence-corrected chi connectivity index (χ2v) is 7.39. The Hall–Kier alpha value is -3.13. The Balaban J connectivity index is 1.92. The molecule has 2 amide bonds. The van der Waals surface area contributed by atoms with Crippen LogP contribution in [0.3, 0.4) is 0 Å². The maximum absolute atomic E-state index is 13.6. The SMILES string of the molecule is CC(C)(C)OC(=O)Nc1cccc(C(=O)OCC(=O)Nc2cc(Cl)ccc2F)c1. The summed E-state index contributed by atoms with van der Waals surface area (Å²) in [6.45, 7) is 4.54. The summed E-state index contributed by atoms with van der Waals surface area (Å²) in [5.41, 5.74) is -0.363. The average molecular weight is 423 g/mol. The van der Waals surface area contributed by atoms with E-state index < -0.39 is 36.0 Å². The predicted molar refractivity (Wildman–Crippen MR) is 107 cm³/mol. The molecule has 2 N–H and O–H groups in total. The molecule has 0 heterocycles. The molecule has 2 aromatic carbocycles. The van der Waals surface area contributed by atoms with E-state index in [1.165, 1.54) is 30.3 Å². The van der Waals surface area contributed by atoms with Gasteiger partial charge in [0.15, 0.2) is 6.61 Å². The van der Waals surface area contributed by atoms with Crippen LogP contribution in [0.1, 0.15) is 31.1 Å². The number of hydrogen-bond acceptors (Lipinski definition) is 5. The van der Waals surface area contributed by atoms with E-state index in [1.54, 1.807) is 26.8 Å². The number of esters is 1. The molecule has 0 unspecified atom stereocenters. The van der Waals surface area contributed by atoms with Crippen LogP contribution in [-0.4, -0.2) is 30.2 Å². The maximum atomic E-state index is 13.6. The van der Waals surface area contributed by atoms with Crippen LogP contribution in [0.4, 0.5) is 20.6 Å². The van der Waals surface area contributed by atoms with Gasteiger partial charge in [0.05, 0.1) is 11.3 Å². The Kier molecular flexibility index (Phi) is 7.17. The monoisotopic (exact) mass is 422 g/mol. The van der Waals surface area contributed by atoms with Crippen molar-refractivity contribution in [3.05, 3.63) is 58.9 Å². The number of anilines is 2. The molecule has 0 aliphatic carbocycles. The fraction of sp³-hybridized carbons (Fsp3) is 0.250. The molecular weight excluding hydrogens is 403 g/mol. The molecule has 7 nitrogen and oxygen atoms in total. The third kappa shape index (κ3) is 7.42. The first-order valence-corrected chi connectivity index (χ1v) is 8.93. The lowest BCUT2D eigenvalue weighted by molar-refractivity contribution is -0.119. The molecule has 0 saturated heterocycles. The van der Waals surface area contributed by atoms with Crippen molar-refractivity contribution in [3.8, 4) is 0 Å². The van der Waals surface area contributed by atoms with Crippen molar-refractivity contribution < 1.29 is 28.2 Å². The van der Waals surface area contributed by atoms with Crippen LogP contribution in [-0.2, 0) is 14.3 Å². The van der Waals surface area contributed by atoms with E-state index in [4.69, 9.17) is 21.1 Å². The van der Waals surface area contributed by atoms with Gasteiger partial charge in [-0.2, -0.15) is 0 Å².